The predicted octanol–water partition coefficient (Wildman–Crippen LogP) is 5.27. The summed E-state index contributed by atoms with van der Waals surface area (Å²) < 4.78 is 22.0. The van der Waals surface area contributed by atoms with Crippen molar-refractivity contribution in [1.29, 1.82) is 0 Å². The molecule has 2 aromatic carbocycles. The van der Waals surface area contributed by atoms with Crippen LogP contribution in [0.25, 0.3) is 11.3 Å². The normalized spacial score (nSPS) is 15.6. The molecule has 0 aliphatic carbocycles. The summed E-state index contributed by atoms with van der Waals surface area (Å²) in [6.07, 6.45) is 2.93. The van der Waals surface area contributed by atoms with Crippen LogP contribution >= 0.6 is 0 Å². The topological polar surface area (TPSA) is 61.1 Å². The monoisotopic (exact) mass is 435 g/mol. The number of aryl methyl sites for hydroxylation is 1. The first-order valence-electron chi connectivity index (χ1n) is 10.9. The fourth-order valence-electron chi connectivity index (χ4n) is 4.27. The standard InChI is InChI=1S/C26H29NO5/c1-29-20-9-6-18(7-10-20)23-14-11-21(32-23)12-15-26(28)27-16-4-5-22(27)19-8-13-24(30-2)25(17-19)31-3/h6-11,13-14,17,22H,4-5,12,15-16H2,1-3H3/t22-/m1/s1. The fraction of sp³-hybridized carbons (Fsp3) is 0.346. The summed E-state index contributed by atoms with van der Waals surface area (Å²) in [6.45, 7) is 0.771. The van der Waals surface area contributed by atoms with Crippen molar-refractivity contribution in [2.75, 3.05) is 27.9 Å². The molecule has 0 bridgehead atoms. The Hall–Kier alpha value is -3.41. The number of methoxy groups -OCH3 is 3. The Morgan fingerprint density at radius 3 is 2.47 bits per heavy atom. The highest BCUT2D eigenvalue weighted by Gasteiger charge is 2.30. The quantitative estimate of drug-likeness (QED) is 0.482. The maximum Gasteiger partial charge on any atom is 0.223 e. The number of hydrogen-bond acceptors (Lipinski definition) is 5. The molecule has 1 amide bonds. The highest BCUT2D eigenvalue weighted by atomic mass is 16.5. The molecule has 6 nitrogen and oxygen atoms in total. The first kappa shape index (κ1) is 21.8. The molecule has 0 radical (unpaired) electrons. The zero-order chi connectivity index (χ0) is 22.5. The molecule has 6 heteroatoms. The van der Waals surface area contributed by atoms with Crippen LogP contribution in [0.3, 0.4) is 0 Å². The predicted molar refractivity (Wildman–Crippen MR) is 122 cm³/mol. The van der Waals surface area contributed by atoms with Crippen LogP contribution in [-0.4, -0.2) is 38.7 Å². The molecule has 3 aromatic rings. The van der Waals surface area contributed by atoms with Gasteiger partial charge in [0.25, 0.3) is 0 Å². The summed E-state index contributed by atoms with van der Waals surface area (Å²) in [4.78, 5) is 15.0. The van der Waals surface area contributed by atoms with Gasteiger partial charge >= 0.3 is 0 Å². The van der Waals surface area contributed by atoms with E-state index in [0.717, 1.165) is 47.8 Å². The minimum Gasteiger partial charge on any atom is -0.497 e. The van der Waals surface area contributed by atoms with Gasteiger partial charge in [0.1, 0.15) is 17.3 Å². The van der Waals surface area contributed by atoms with Gasteiger partial charge in [-0.2, -0.15) is 0 Å². The molecule has 0 spiro atoms. The average molecular weight is 436 g/mol. The van der Waals surface area contributed by atoms with E-state index in [2.05, 4.69) is 0 Å². The van der Waals surface area contributed by atoms with Gasteiger partial charge in [0.05, 0.1) is 27.4 Å². The molecule has 1 fully saturated rings. The summed E-state index contributed by atoms with van der Waals surface area (Å²) >= 11 is 0. The van der Waals surface area contributed by atoms with E-state index in [4.69, 9.17) is 18.6 Å². The summed E-state index contributed by atoms with van der Waals surface area (Å²) in [6, 6.07) is 17.6. The Labute approximate surface area is 188 Å². The van der Waals surface area contributed by atoms with Crippen molar-refractivity contribution in [3.05, 3.63) is 65.9 Å². The van der Waals surface area contributed by atoms with Crippen LogP contribution in [0.2, 0.25) is 0 Å². The molecule has 1 aliphatic heterocycles. The molecule has 1 atom stereocenters. The number of ether oxygens (including phenoxy) is 3. The minimum atomic E-state index is 0.0637. The minimum absolute atomic E-state index is 0.0637. The van der Waals surface area contributed by atoms with Crippen molar-refractivity contribution in [3.63, 3.8) is 0 Å². The van der Waals surface area contributed by atoms with E-state index in [0.29, 0.717) is 24.3 Å². The lowest BCUT2D eigenvalue weighted by molar-refractivity contribution is -0.132. The molecular formula is C26H29NO5. The van der Waals surface area contributed by atoms with Crippen LogP contribution in [0, 0.1) is 0 Å². The lowest BCUT2D eigenvalue weighted by Crippen LogP contribution is -2.30. The third-order valence-electron chi connectivity index (χ3n) is 5.99. The maximum atomic E-state index is 13.0. The smallest absolute Gasteiger partial charge is 0.223 e. The van der Waals surface area contributed by atoms with Gasteiger partial charge < -0.3 is 23.5 Å². The number of furan rings is 1. The van der Waals surface area contributed by atoms with Crippen LogP contribution < -0.4 is 14.2 Å². The van der Waals surface area contributed by atoms with Crippen molar-refractivity contribution in [2.45, 2.75) is 31.7 Å². The van der Waals surface area contributed by atoms with Crippen molar-refractivity contribution in [3.8, 4) is 28.6 Å². The van der Waals surface area contributed by atoms with Gasteiger partial charge in [-0.1, -0.05) is 6.07 Å². The first-order chi connectivity index (χ1) is 15.6. The molecule has 4 rings (SSSR count). The van der Waals surface area contributed by atoms with Crippen LogP contribution in [-0.2, 0) is 11.2 Å². The first-order valence-corrected chi connectivity index (χ1v) is 10.9. The number of likely N-dealkylation sites (tertiary alicyclic amines) is 1. The molecule has 0 N–H and O–H groups in total. The highest BCUT2D eigenvalue weighted by Crippen LogP contribution is 2.37. The lowest BCUT2D eigenvalue weighted by atomic mass is 10.0. The van der Waals surface area contributed by atoms with Crippen LogP contribution in [0.4, 0.5) is 0 Å². The molecule has 1 aliphatic rings. The fourth-order valence-corrected chi connectivity index (χ4v) is 4.27. The van der Waals surface area contributed by atoms with Gasteiger partial charge in [-0.3, -0.25) is 4.79 Å². The van der Waals surface area contributed by atoms with Gasteiger partial charge in [-0.15, -0.1) is 0 Å². The number of carbonyl (C=O) groups excluding carboxylic acids is 1. The second-order valence-corrected chi connectivity index (χ2v) is 7.85. The Balaban J connectivity index is 1.40. The van der Waals surface area contributed by atoms with E-state index in [1.165, 1.54) is 0 Å². The van der Waals surface area contributed by atoms with Gasteiger partial charge in [0.15, 0.2) is 11.5 Å². The van der Waals surface area contributed by atoms with E-state index in [9.17, 15) is 4.79 Å². The average Bonchev–Trinajstić information content (AvgIpc) is 3.52. The van der Waals surface area contributed by atoms with Crippen molar-refractivity contribution < 1.29 is 23.4 Å². The highest BCUT2D eigenvalue weighted by molar-refractivity contribution is 5.77. The Kier molecular flexibility index (Phi) is 6.69. The zero-order valence-corrected chi connectivity index (χ0v) is 18.8. The molecule has 0 saturated carbocycles. The zero-order valence-electron chi connectivity index (χ0n) is 18.8. The Bertz CT molecular complexity index is 1060. The van der Waals surface area contributed by atoms with Crippen LogP contribution in [0.15, 0.2) is 59.0 Å². The number of carbonyl (C=O) groups is 1. The van der Waals surface area contributed by atoms with Crippen molar-refractivity contribution in [1.82, 2.24) is 4.90 Å². The maximum absolute atomic E-state index is 13.0. The molecular weight excluding hydrogens is 406 g/mol. The number of amides is 1. The van der Waals surface area contributed by atoms with Gasteiger partial charge in [-0.25, -0.2) is 0 Å². The lowest BCUT2D eigenvalue weighted by Gasteiger charge is -2.25. The molecule has 168 valence electrons. The van der Waals surface area contributed by atoms with E-state index >= 15 is 0 Å². The van der Waals surface area contributed by atoms with Gasteiger partial charge in [0.2, 0.25) is 5.91 Å². The molecule has 32 heavy (non-hydrogen) atoms. The van der Waals surface area contributed by atoms with E-state index in [1.54, 1.807) is 21.3 Å². The second-order valence-electron chi connectivity index (χ2n) is 7.85. The molecule has 0 unspecified atom stereocenters. The van der Waals surface area contributed by atoms with Gasteiger partial charge in [0, 0.05) is 24.9 Å². The Morgan fingerprint density at radius 2 is 1.75 bits per heavy atom. The summed E-state index contributed by atoms with van der Waals surface area (Å²) in [5.74, 6) is 3.93. The van der Waals surface area contributed by atoms with E-state index in [1.807, 2.05) is 59.5 Å². The molecule has 2 heterocycles. The van der Waals surface area contributed by atoms with Crippen LogP contribution in [0.5, 0.6) is 17.2 Å². The number of rotatable bonds is 8. The van der Waals surface area contributed by atoms with E-state index < -0.39 is 0 Å². The summed E-state index contributed by atoms with van der Waals surface area (Å²) in [5.41, 5.74) is 2.06. The SMILES string of the molecule is COc1ccc(-c2ccc(CCC(=O)N3CCC[C@@H]3c3ccc(OC)c(OC)c3)o2)cc1. The van der Waals surface area contributed by atoms with Crippen LogP contribution in [0.1, 0.15) is 36.6 Å². The van der Waals surface area contributed by atoms with Crippen molar-refractivity contribution in [2.24, 2.45) is 0 Å². The Morgan fingerprint density at radius 1 is 0.969 bits per heavy atom. The van der Waals surface area contributed by atoms with E-state index in [-0.39, 0.29) is 11.9 Å². The third kappa shape index (κ3) is 4.59. The largest absolute Gasteiger partial charge is 0.497 e. The molecule has 1 aromatic heterocycles. The summed E-state index contributed by atoms with van der Waals surface area (Å²) in [7, 11) is 4.90. The molecule has 1 saturated heterocycles. The van der Waals surface area contributed by atoms with Crippen molar-refractivity contribution >= 4 is 5.91 Å². The van der Waals surface area contributed by atoms with Gasteiger partial charge in [-0.05, 0) is 66.9 Å². The number of hydrogen-bond donors (Lipinski definition) is 0. The third-order valence-corrected chi connectivity index (χ3v) is 5.99. The number of benzene rings is 2. The summed E-state index contributed by atoms with van der Waals surface area (Å²) in [5, 5.41) is 0. The second kappa shape index (κ2) is 9.81. The number of nitrogens with zero attached hydrogens (tertiary/aromatic N) is 1.